The fourth-order valence-electron chi connectivity index (χ4n) is 4.26. The second kappa shape index (κ2) is 11.0. The predicted molar refractivity (Wildman–Crippen MR) is 136 cm³/mol. The van der Waals surface area contributed by atoms with Gasteiger partial charge in [-0.25, -0.2) is 8.78 Å². The van der Waals surface area contributed by atoms with E-state index in [1.165, 1.54) is 24.4 Å². The van der Waals surface area contributed by atoms with Crippen LogP contribution in [0.4, 0.5) is 25.8 Å². The van der Waals surface area contributed by atoms with E-state index < -0.39 is 23.6 Å². The second-order valence-electron chi connectivity index (χ2n) is 8.77. The van der Waals surface area contributed by atoms with Gasteiger partial charge in [-0.15, -0.1) is 0 Å². The van der Waals surface area contributed by atoms with Crippen molar-refractivity contribution < 1.29 is 22.6 Å². The van der Waals surface area contributed by atoms with Gasteiger partial charge in [0.05, 0.1) is 29.5 Å². The molecule has 1 aromatic carbocycles. The molecule has 3 N–H and O–H groups in total. The lowest BCUT2D eigenvalue weighted by atomic mass is 9.97. The zero-order valence-electron chi connectivity index (χ0n) is 19.4. The number of aromatic nitrogens is 2. The summed E-state index contributed by atoms with van der Waals surface area (Å²) < 4.78 is 28.6. The van der Waals surface area contributed by atoms with E-state index in [-0.39, 0.29) is 27.1 Å². The fraction of sp³-hybridized carbons (Fsp3) is 0.308. The number of amides is 2. The molecule has 0 unspecified atom stereocenters. The van der Waals surface area contributed by atoms with Gasteiger partial charge in [0.25, 0.3) is 5.91 Å². The zero-order chi connectivity index (χ0) is 24.8. The summed E-state index contributed by atoms with van der Waals surface area (Å²) in [5, 5.41) is 8.29. The number of nitrogens with one attached hydrogen (secondary N) is 3. The summed E-state index contributed by atoms with van der Waals surface area (Å²) in [6.07, 6.45) is 8.91. The lowest BCUT2D eigenvalue weighted by Crippen LogP contribution is -2.44. The van der Waals surface area contributed by atoms with Gasteiger partial charge in [0.15, 0.2) is 5.82 Å². The number of halogens is 2. The maximum atomic E-state index is 14.5. The first-order valence-electron chi connectivity index (χ1n) is 11.6. The third kappa shape index (κ3) is 6.38. The normalized spacial score (nSPS) is 14.4. The van der Waals surface area contributed by atoms with Gasteiger partial charge in [0.2, 0.25) is 5.91 Å². The van der Waals surface area contributed by atoms with Crippen molar-refractivity contribution in [2.45, 2.75) is 45.1 Å². The summed E-state index contributed by atoms with van der Waals surface area (Å²) in [5.74, 6) is -1.82. The molecule has 2 heterocycles. The molecule has 0 aliphatic heterocycles. The quantitative estimate of drug-likeness (QED) is 0.371. The monoisotopic (exact) mass is 485 g/mol. The van der Waals surface area contributed by atoms with E-state index in [1.54, 1.807) is 25.3 Å². The number of carbonyl (C=O) groups excluding carboxylic acids is 2. The molecule has 1 aliphatic carbocycles. The summed E-state index contributed by atoms with van der Waals surface area (Å²) in [4.78, 5) is 34.0. The smallest absolute Gasteiger partial charge is 0.252 e. The Balaban J connectivity index is 0.00000241. The Morgan fingerprint density at radius 3 is 2.60 bits per heavy atom. The summed E-state index contributed by atoms with van der Waals surface area (Å²) in [5.41, 5.74) is 1.22. The highest BCUT2D eigenvalue weighted by atomic mass is 19.1. The van der Waals surface area contributed by atoms with Crippen LogP contribution in [-0.2, 0) is 4.79 Å². The topological polar surface area (TPSA) is 96.0 Å². The largest absolute Gasteiger partial charge is 0.351 e. The maximum Gasteiger partial charge on any atom is 0.252 e. The summed E-state index contributed by atoms with van der Waals surface area (Å²) >= 11 is 0. The highest BCUT2D eigenvalue weighted by Crippen LogP contribution is 2.29. The number of hydrogen-bond donors (Lipinski definition) is 3. The van der Waals surface area contributed by atoms with Crippen LogP contribution in [0.15, 0.2) is 55.0 Å². The van der Waals surface area contributed by atoms with Gasteiger partial charge >= 0.3 is 0 Å². The van der Waals surface area contributed by atoms with Gasteiger partial charge in [-0.3, -0.25) is 19.6 Å². The molecule has 35 heavy (non-hydrogen) atoms. The van der Waals surface area contributed by atoms with Gasteiger partial charge in [0.1, 0.15) is 11.9 Å². The number of hydrogen-bond acceptors (Lipinski definition) is 5. The molecule has 188 valence electrons. The van der Waals surface area contributed by atoms with Crippen LogP contribution in [0.5, 0.6) is 0 Å². The molecule has 2 amide bonds. The van der Waals surface area contributed by atoms with E-state index in [0.29, 0.717) is 23.7 Å². The molecule has 0 saturated heterocycles. The molecule has 1 fully saturated rings. The van der Waals surface area contributed by atoms with Crippen LogP contribution in [0.1, 0.15) is 52.4 Å². The van der Waals surface area contributed by atoms with Gasteiger partial charge in [-0.2, -0.15) is 0 Å². The van der Waals surface area contributed by atoms with Gasteiger partial charge in [-0.1, -0.05) is 25.7 Å². The number of anilines is 3. The van der Waals surface area contributed by atoms with E-state index in [9.17, 15) is 18.4 Å². The molecule has 0 spiro atoms. The maximum absolute atomic E-state index is 14.5. The average molecular weight is 486 g/mol. The fourth-order valence-corrected chi connectivity index (χ4v) is 4.26. The molecule has 1 saturated carbocycles. The standard InChI is InChI=1S/C26H27F2N5O2.3H2/c1-16-11-22(21(28)15-30-16)32-23-13-18(8-9-20(23)27)25(34)33-24(12-17-5-2-3-6-17)26(35)31-19-7-4-10-29-14-19;;;/h4,7-11,13-15,17,24H,2-3,5-6,12H2,1H3,(H,30,32)(H,31,35)(H,33,34);3*1H/t24-;;;/m0.../s1. The molecule has 3 aromatic rings. The van der Waals surface area contributed by atoms with E-state index in [4.69, 9.17) is 0 Å². The van der Waals surface area contributed by atoms with E-state index in [0.717, 1.165) is 37.9 Å². The molecule has 4 rings (SSSR count). The van der Waals surface area contributed by atoms with Crippen LogP contribution < -0.4 is 16.0 Å². The van der Waals surface area contributed by atoms with E-state index in [1.807, 2.05) is 0 Å². The number of carbonyl (C=O) groups is 2. The third-order valence-corrected chi connectivity index (χ3v) is 6.08. The van der Waals surface area contributed by atoms with Gasteiger partial charge in [-0.05, 0) is 55.7 Å². The Hall–Kier alpha value is -3.88. The highest BCUT2D eigenvalue weighted by molar-refractivity contribution is 6.01. The summed E-state index contributed by atoms with van der Waals surface area (Å²) in [6, 6.07) is 7.86. The molecular formula is C26H33F2N5O2. The third-order valence-electron chi connectivity index (χ3n) is 6.08. The molecule has 1 atom stereocenters. The van der Waals surface area contributed by atoms with Crippen molar-refractivity contribution in [3.05, 3.63) is 77.9 Å². The van der Waals surface area contributed by atoms with Crippen LogP contribution in [0.3, 0.4) is 0 Å². The molecular weight excluding hydrogens is 452 g/mol. The van der Waals surface area contributed by atoms with Crippen LogP contribution in [0, 0.1) is 24.5 Å². The van der Waals surface area contributed by atoms with Crippen molar-refractivity contribution in [2.24, 2.45) is 5.92 Å². The van der Waals surface area contributed by atoms with E-state index in [2.05, 4.69) is 25.9 Å². The molecule has 2 aromatic heterocycles. The Morgan fingerprint density at radius 2 is 1.86 bits per heavy atom. The number of rotatable bonds is 8. The van der Waals surface area contributed by atoms with Gasteiger partial charge in [0, 0.05) is 21.7 Å². The SMILES string of the molecule is Cc1cc(Nc2cc(C(=O)N[C@@H](CC3CCCC3)C(=O)Nc3cccnc3)ccc2F)c(F)cn1.[HH].[HH].[HH]. The Labute approximate surface area is 206 Å². The minimum Gasteiger partial charge on any atom is -0.351 e. The first kappa shape index (κ1) is 24.3. The van der Waals surface area contributed by atoms with Crippen LogP contribution in [0.2, 0.25) is 0 Å². The Bertz CT molecular complexity index is 1210. The van der Waals surface area contributed by atoms with Crippen molar-refractivity contribution >= 4 is 28.9 Å². The first-order valence-corrected chi connectivity index (χ1v) is 11.6. The van der Waals surface area contributed by atoms with Crippen LogP contribution in [0.25, 0.3) is 0 Å². The lowest BCUT2D eigenvalue weighted by molar-refractivity contribution is -0.118. The summed E-state index contributed by atoms with van der Waals surface area (Å²) in [7, 11) is 0. The van der Waals surface area contributed by atoms with Gasteiger partial charge < -0.3 is 16.0 Å². The summed E-state index contributed by atoms with van der Waals surface area (Å²) in [6.45, 7) is 1.69. The molecule has 9 heteroatoms. The minimum absolute atomic E-state index is 0. The highest BCUT2D eigenvalue weighted by Gasteiger charge is 2.27. The number of pyridine rings is 2. The predicted octanol–water partition coefficient (Wildman–Crippen LogP) is 5.86. The average Bonchev–Trinajstić information content (AvgIpc) is 3.36. The molecule has 1 aliphatic rings. The molecule has 7 nitrogen and oxygen atoms in total. The van der Waals surface area contributed by atoms with Crippen molar-refractivity contribution in [3.8, 4) is 0 Å². The molecule has 0 bridgehead atoms. The first-order chi connectivity index (χ1) is 16.9. The Kier molecular flexibility index (Phi) is 7.64. The van der Waals surface area contributed by atoms with Crippen molar-refractivity contribution in [1.29, 1.82) is 0 Å². The van der Waals surface area contributed by atoms with Crippen molar-refractivity contribution in [1.82, 2.24) is 15.3 Å². The van der Waals surface area contributed by atoms with Crippen molar-refractivity contribution in [2.75, 3.05) is 10.6 Å². The number of nitrogens with zero attached hydrogens (tertiary/aromatic N) is 2. The van der Waals surface area contributed by atoms with Crippen molar-refractivity contribution in [3.63, 3.8) is 0 Å². The van der Waals surface area contributed by atoms with Crippen LogP contribution >= 0.6 is 0 Å². The zero-order valence-corrected chi connectivity index (χ0v) is 19.4. The lowest BCUT2D eigenvalue weighted by Gasteiger charge is -2.22. The van der Waals surface area contributed by atoms with Crippen LogP contribution in [-0.4, -0.2) is 27.8 Å². The number of aryl methyl sites for hydroxylation is 1. The van der Waals surface area contributed by atoms with E-state index >= 15 is 0 Å². The molecule has 0 radical (unpaired) electrons. The second-order valence-corrected chi connectivity index (χ2v) is 8.77. The Morgan fingerprint density at radius 1 is 1.09 bits per heavy atom. The number of benzene rings is 1. The minimum atomic E-state index is -0.771.